The Hall–Kier alpha value is -4.10. The van der Waals surface area contributed by atoms with Crippen LogP contribution in [0, 0.1) is 22.7 Å². The number of nitrogens with zero attached hydrogens (tertiary/aromatic N) is 4. The van der Waals surface area contributed by atoms with Gasteiger partial charge in [-0.1, -0.05) is 74.3 Å². The summed E-state index contributed by atoms with van der Waals surface area (Å²) < 4.78 is 5.47. The molecule has 0 saturated heterocycles. The lowest BCUT2D eigenvalue weighted by atomic mass is 10.0. The number of alkyl halides is 1. The normalized spacial score (nSPS) is 14.6. The van der Waals surface area contributed by atoms with Gasteiger partial charge < -0.3 is 9.13 Å². The molecule has 0 saturated carbocycles. The summed E-state index contributed by atoms with van der Waals surface area (Å²) in [6, 6.07) is 31.3. The maximum Gasteiger partial charge on any atom is 0.101 e. The van der Waals surface area contributed by atoms with Gasteiger partial charge in [0, 0.05) is 31.2 Å². The van der Waals surface area contributed by atoms with Gasteiger partial charge in [0.25, 0.3) is 0 Å². The topological polar surface area (TPSA) is 57.4 Å². The fourth-order valence-electron chi connectivity index (χ4n) is 5.76. The van der Waals surface area contributed by atoms with Crippen molar-refractivity contribution in [3.8, 4) is 23.5 Å². The molecule has 0 amide bonds. The molecule has 38 heavy (non-hydrogen) atoms. The molecule has 1 atom stereocenters. The Morgan fingerprint density at radius 2 is 1.32 bits per heavy atom. The quantitative estimate of drug-likeness (QED) is 0.183. The van der Waals surface area contributed by atoms with Crippen molar-refractivity contribution in [2.24, 2.45) is 0 Å². The molecule has 180 valence electrons. The van der Waals surface area contributed by atoms with Crippen LogP contribution in [0.25, 0.3) is 50.2 Å². The summed E-state index contributed by atoms with van der Waals surface area (Å²) in [5, 5.41) is 23.5. The number of halogens is 2. The standard InChI is InChI=1S/C32H18Br2N4/c33-21-9-11-29-25(15-21)23-5-1-3-7-27(23)37(29)31-13-19(17-35)20(18-36)14-32(31)38-28-8-4-2-6-24(28)26-16-22(34)10-12-30(26)38/h1-15,22H,16H2. The number of hydrogen-bond donors (Lipinski definition) is 0. The van der Waals surface area contributed by atoms with Crippen LogP contribution < -0.4 is 0 Å². The molecule has 0 fully saturated rings. The van der Waals surface area contributed by atoms with Crippen LogP contribution in [-0.2, 0) is 6.42 Å². The second-order valence-corrected chi connectivity index (χ2v) is 11.5. The van der Waals surface area contributed by atoms with Crippen LogP contribution in [-0.4, -0.2) is 14.0 Å². The Bertz CT molecular complexity index is 2060. The molecule has 2 aromatic heterocycles. The lowest BCUT2D eigenvalue weighted by Gasteiger charge is -2.20. The van der Waals surface area contributed by atoms with E-state index in [2.05, 4.69) is 108 Å². The first-order valence-electron chi connectivity index (χ1n) is 12.2. The number of allylic oxidation sites excluding steroid dienone is 1. The molecule has 7 rings (SSSR count). The van der Waals surface area contributed by atoms with E-state index in [1.807, 2.05) is 36.4 Å². The van der Waals surface area contributed by atoms with Gasteiger partial charge in [-0.2, -0.15) is 10.5 Å². The Morgan fingerprint density at radius 3 is 2.03 bits per heavy atom. The van der Waals surface area contributed by atoms with Crippen molar-refractivity contribution in [2.75, 3.05) is 0 Å². The van der Waals surface area contributed by atoms with Crippen LogP contribution >= 0.6 is 31.9 Å². The van der Waals surface area contributed by atoms with E-state index in [9.17, 15) is 10.5 Å². The van der Waals surface area contributed by atoms with Crippen molar-refractivity contribution < 1.29 is 0 Å². The molecule has 1 aliphatic rings. The Kier molecular flexibility index (Phi) is 5.30. The van der Waals surface area contributed by atoms with E-state index in [0.717, 1.165) is 55.3 Å². The Labute approximate surface area is 235 Å². The summed E-state index contributed by atoms with van der Waals surface area (Å²) in [6.45, 7) is 0. The van der Waals surface area contributed by atoms with Gasteiger partial charge >= 0.3 is 0 Å². The molecule has 1 unspecified atom stereocenters. The molecule has 6 heteroatoms. The predicted octanol–water partition coefficient (Wildman–Crippen LogP) is 8.57. The van der Waals surface area contributed by atoms with Crippen molar-refractivity contribution in [3.63, 3.8) is 0 Å². The van der Waals surface area contributed by atoms with Gasteiger partial charge in [0.2, 0.25) is 0 Å². The number of rotatable bonds is 2. The maximum atomic E-state index is 10.0. The molecule has 1 aliphatic carbocycles. The molecule has 0 bridgehead atoms. The number of para-hydroxylation sites is 2. The summed E-state index contributed by atoms with van der Waals surface area (Å²) >= 11 is 7.41. The van der Waals surface area contributed by atoms with Gasteiger partial charge in [-0.05, 0) is 60.5 Å². The minimum absolute atomic E-state index is 0.264. The highest BCUT2D eigenvalue weighted by molar-refractivity contribution is 9.10. The third-order valence-electron chi connectivity index (χ3n) is 7.35. The van der Waals surface area contributed by atoms with Crippen LogP contribution in [0.3, 0.4) is 0 Å². The van der Waals surface area contributed by atoms with Crippen LogP contribution in [0.1, 0.15) is 22.4 Å². The fraction of sp³-hybridized carbons (Fsp3) is 0.0625. The minimum Gasteiger partial charge on any atom is -0.307 e. The summed E-state index contributed by atoms with van der Waals surface area (Å²) in [5.74, 6) is 0. The molecule has 6 aromatic rings. The highest BCUT2D eigenvalue weighted by Gasteiger charge is 2.25. The number of hydrogen-bond acceptors (Lipinski definition) is 2. The smallest absolute Gasteiger partial charge is 0.101 e. The first-order valence-corrected chi connectivity index (χ1v) is 13.9. The first-order chi connectivity index (χ1) is 18.6. The van der Waals surface area contributed by atoms with E-state index in [1.165, 1.54) is 10.9 Å². The zero-order chi connectivity index (χ0) is 26.0. The molecule has 0 radical (unpaired) electrons. The zero-order valence-electron chi connectivity index (χ0n) is 20.0. The third-order valence-corrected chi connectivity index (χ3v) is 8.48. The van der Waals surface area contributed by atoms with Crippen LogP contribution in [0.4, 0.5) is 0 Å². The fourth-order valence-corrected chi connectivity index (χ4v) is 6.60. The Morgan fingerprint density at radius 1 is 0.711 bits per heavy atom. The molecule has 0 N–H and O–H groups in total. The van der Waals surface area contributed by atoms with Gasteiger partial charge in [0.05, 0.1) is 39.1 Å². The van der Waals surface area contributed by atoms with Crippen molar-refractivity contribution in [1.82, 2.24) is 9.13 Å². The van der Waals surface area contributed by atoms with Crippen LogP contribution in [0.5, 0.6) is 0 Å². The second-order valence-electron chi connectivity index (χ2n) is 9.42. The van der Waals surface area contributed by atoms with Crippen LogP contribution in [0.2, 0.25) is 0 Å². The molecular formula is C32H18Br2N4. The number of aromatic nitrogens is 2. The van der Waals surface area contributed by atoms with Gasteiger partial charge in [-0.25, -0.2) is 0 Å². The van der Waals surface area contributed by atoms with Crippen molar-refractivity contribution in [3.05, 3.63) is 112 Å². The number of fused-ring (bicyclic) bond motifs is 6. The van der Waals surface area contributed by atoms with Crippen molar-refractivity contribution in [2.45, 2.75) is 11.2 Å². The number of benzene rings is 4. The van der Waals surface area contributed by atoms with Gasteiger partial charge in [0.1, 0.15) is 12.1 Å². The molecule has 4 aromatic carbocycles. The summed E-state index contributed by atoms with van der Waals surface area (Å²) in [4.78, 5) is 0.264. The highest BCUT2D eigenvalue weighted by Crippen LogP contribution is 2.40. The molecule has 2 heterocycles. The lowest BCUT2D eigenvalue weighted by Crippen LogP contribution is -2.10. The highest BCUT2D eigenvalue weighted by atomic mass is 79.9. The van der Waals surface area contributed by atoms with E-state index >= 15 is 0 Å². The number of nitriles is 2. The largest absolute Gasteiger partial charge is 0.307 e. The predicted molar refractivity (Wildman–Crippen MR) is 160 cm³/mol. The molecule has 0 aliphatic heterocycles. The zero-order valence-corrected chi connectivity index (χ0v) is 23.2. The van der Waals surface area contributed by atoms with E-state index in [-0.39, 0.29) is 4.83 Å². The van der Waals surface area contributed by atoms with E-state index in [4.69, 9.17) is 0 Å². The maximum absolute atomic E-state index is 10.0. The molecule has 0 spiro atoms. The summed E-state index contributed by atoms with van der Waals surface area (Å²) in [7, 11) is 0. The van der Waals surface area contributed by atoms with Crippen molar-refractivity contribution in [1.29, 1.82) is 10.5 Å². The second kappa shape index (κ2) is 8.74. The monoisotopic (exact) mass is 616 g/mol. The van der Waals surface area contributed by atoms with Gasteiger partial charge in [-0.3, -0.25) is 0 Å². The van der Waals surface area contributed by atoms with Crippen molar-refractivity contribution >= 4 is 70.6 Å². The van der Waals surface area contributed by atoms with Gasteiger partial charge in [0.15, 0.2) is 0 Å². The average molecular weight is 618 g/mol. The van der Waals surface area contributed by atoms with Crippen LogP contribution in [0.15, 0.2) is 89.4 Å². The first kappa shape index (κ1) is 23.0. The Balaban J connectivity index is 1.68. The van der Waals surface area contributed by atoms with E-state index in [1.54, 1.807) is 0 Å². The molecular weight excluding hydrogens is 600 g/mol. The summed E-state index contributed by atoms with van der Waals surface area (Å²) in [6.07, 6.45) is 5.21. The van der Waals surface area contributed by atoms with Gasteiger partial charge in [-0.15, -0.1) is 0 Å². The third kappa shape index (κ3) is 3.31. The average Bonchev–Trinajstić information content (AvgIpc) is 3.44. The lowest BCUT2D eigenvalue weighted by molar-refractivity contribution is 0.982. The SMILES string of the molecule is N#Cc1cc(-n2c3c(c4ccccc42)CC(Br)C=C3)c(-n2c3ccccc3c3cc(Br)ccc32)cc1C#N. The summed E-state index contributed by atoms with van der Waals surface area (Å²) in [5.41, 5.74) is 7.94. The minimum atomic E-state index is 0.264. The molecule has 4 nitrogen and oxygen atoms in total. The van der Waals surface area contributed by atoms with E-state index in [0.29, 0.717) is 11.1 Å². The van der Waals surface area contributed by atoms with E-state index < -0.39 is 0 Å².